The van der Waals surface area contributed by atoms with E-state index in [-0.39, 0.29) is 11.5 Å². The Morgan fingerprint density at radius 2 is 1.57 bits per heavy atom. The summed E-state index contributed by atoms with van der Waals surface area (Å²) in [6.45, 7) is 11.0. The molecule has 0 radical (unpaired) electrons. The van der Waals surface area contributed by atoms with Gasteiger partial charge in [0.15, 0.2) is 5.78 Å². The molecule has 0 heterocycles. The van der Waals surface area contributed by atoms with Crippen molar-refractivity contribution >= 4 is 33.7 Å². The molecule has 8 heteroatoms. The normalized spacial score (nSPS) is 11.1. The molecule has 0 amide bonds. The Bertz CT molecular complexity index is 1070. The molecule has 0 aliphatic rings. The second-order valence-electron chi connectivity index (χ2n) is 9.02. The number of ketones is 1. The molecule has 7 nitrogen and oxygen atoms in total. The molecular formula is C27H33BrO7. The summed E-state index contributed by atoms with van der Waals surface area (Å²) in [5.41, 5.74) is 0.931. The first kappa shape index (κ1) is 28.4. The quantitative estimate of drug-likeness (QED) is 0.140. The topological polar surface area (TPSA) is 88.1 Å². The zero-order valence-corrected chi connectivity index (χ0v) is 22.7. The smallest absolute Gasteiger partial charge is 0.338 e. The van der Waals surface area contributed by atoms with Crippen molar-refractivity contribution in [2.75, 3.05) is 13.2 Å². The van der Waals surface area contributed by atoms with Crippen LogP contribution in [0.15, 0.2) is 34.8 Å². The van der Waals surface area contributed by atoms with Crippen LogP contribution < -0.4 is 14.2 Å². The minimum Gasteiger partial charge on any atom is -0.493 e. The molecule has 2 aromatic rings. The van der Waals surface area contributed by atoms with E-state index < -0.39 is 17.5 Å². The van der Waals surface area contributed by atoms with E-state index in [0.29, 0.717) is 58.7 Å². The molecule has 0 aliphatic carbocycles. The van der Waals surface area contributed by atoms with Crippen LogP contribution in [0.25, 0.3) is 0 Å². The second kappa shape index (κ2) is 12.7. The van der Waals surface area contributed by atoms with Gasteiger partial charge in [-0.3, -0.25) is 9.59 Å². The standard InChI is InChI=1S/C27H33BrO7/c1-7-9-21-23(13-11-20(17(2)29)25(21)34-18(3)30)32-14-8-15-33-24-12-10-19(16-22(24)28)26(31)35-27(4,5)6/h10-13,16H,7-9,14-15H2,1-6H3. The van der Waals surface area contributed by atoms with Crippen LogP contribution in [0.1, 0.15) is 80.7 Å². The van der Waals surface area contributed by atoms with E-state index in [0.717, 1.165) is 6.42 Å². The van der Waals surface area contributed by atoms with Gasteiger partial charge in [-0.15, -0.1) is 0 Å². The Balaban J connectivity index is 2.00. The first-order chi connectivity index (χ1) is 16.4. The summed E-state index contributed by atoms with van der Waals surface area (Å²) >= 11 is 3.44. The highest BCUT2D eigenvalue weighted by atomic mass is 79.9. The van der Waals surface area contributed by atoms with Crippen LogP contribution in [-0.4, -0.2) is 36.5 Å². The lowest BCUT2D eigenvalue weighted by atomic mass is 10.0. The lowest BCUT2D eigenvalue weighted by molar-refractivity contribution is -0.131. The summed E-state index contributed by atoms with van der Waals surface area (Å²) < 4.78 is 23.2. The third kappa shape index (κ3) is 8.69. The van der Waals surface area contributed by atoms with Crippen molar-refractivity contribution in [2.45, 2.75) is 66.4 Å². The van der Waals surface area contributed by atoms with Gasteiger partial charge in [0, 0.05) is 18.9 Å². The number of halogens is 1. The third-order valence-corrected chi connectivity index (χ3v) is 5.33. The summed E-state index contributed by atoms with van der Waals surface area (Å²) in [6.07, 6.45) is 1.98. The van der Waals surface area contributed by atoms with Crippen LogP contribution in [0, 0.1) is 0 Å². The van der Waals surface area contributed by atoms with Gasteiger partial charge in [0.25, 0.3) is 0 Å². The molecule has 0 spiro atoms. The maximum atomic E-state index is 12.2. The van der Waals surface area contributed by atoms with E-state index in [9.17, 15) is 14.4 Å². The second-order valence-corrected chi connectivity index (χ2v) is 9.87. The predicted octanol–water partition coefficient (Wildman–Crippen LogP) is 6.33. The number of carbonyl (C=O) groups excluding carboxylic acids is 3. The molecule has 0 aromatic heterocycles. The highest BCUT2D eigenvalue weighted by molar-refractivity contribution is 9.10. The number of Topliss-reactive ketones (excluding diaryl/α,β-unsaturated/α-hetero) is 1. The van der Waals surface area contributed by atoms with Gasteiger partial charge < -0.3 is 18.9 Å². The van der Waals surface area contributed by atoms with Crippen molar-refractivity contribution < 1.29 is 33.3 Å². The van der Waals surface area contributed by atoms with E-state index in [1.165, 1.54) is 13.8 Å². The molecule has 0 saturated heterocycles. The van der Waals surface area contributed by atoms with Gasteiger partial charge >= 0.3 is 11.9 Å². The maximum absolute atomic E-state index is 12.2. The van der Waals surface area contributed by atoms with Gasteiger partial charge in [-0.1, -0.05) is 13.3 Å². The van der Waals surface area contributed by atoms with E-state index in [2.05, 4.69) is 15.9 Å². The van der Waals surface area contributed by atoms with Crippen molar-refractivity contribution in [1.82, 2.24) is 0 Å². The van der Waals surface area contributed by atoms with Crippen molar-refractivity contribution in [3.05, 3.63) is 51.5 Å². The number of carbonyl (C=O) groups is 3. The molecule has 0 atom stereocenters. The molecule has 2 aromatic carbocycles. The van der Waals surface area contributed by atoms with Crippen LogP contribution in [0.5, 0.6) is 17.2 Å². The summed E-state index contributed by atoms with van der Waals surface area (Å²) in [5.74, 6) is 0.392. The van der Waals surface area contributed by atoms with E-state index >= 15 is 0 Å². The Morgan fingerprint density at radius 1 is 0.943 bits per heavy atom. The van der Waals surface area contributed by atoms with E-state index in [1.807, 2.05) is 27.7 Å². The largest absolute Gasteiger partial charge is 0.493 e. The van der Waals surface area contributed by atoms with Gasteiger partial charge in [0.1, 0.15) is 22.8 Å². The van der Waals surface area contributed by atoms with Gasteiger partial charge in [-0.25, -0.2) is 4.79 Å². The monoisotopic (exact) mass is 548 g/mol. The molecule has 0 saturated carbocycles. The summed E-state index contributed by atoms with van der Waals surface area (Å²) in [7, 11) is 0. The lowest BCUT2D eigenvalue weighted by Gasteiger charge is -2.19. The SMILES string of the molecule is CCCc1c(OCCCOc2ccc(C(=O)OC(C)(C)C)cc2Br)ccc(C(C)=O)c1OC(C)=O. The van der Waals surface area contributed by atoms with Crippen LogP contribution >= 0.6 is 15.9 Å². The molecule has 35 heavy (non-hydrogen) atoms. The first-order valence-corrected chi connectivity index (χ1v) is 12.4. The molecule has 0 fully saturated rings. The Morgan fingerprint density at radius 3 is 2.11 bits per heavy atom. The van der Waals surface area contributed by atoms with Gasteiger partial charge in [-0.05, 0) is 80.4 Å². The van der Waals surface area contributed by atoms with Crippen molar-refractivity contribution in [2.24, 2.45) is 0 Å². The van der Waals surface area contributed by atoms with Crippen molar-refractivity contribution in [3.8, 4) is 17.2 Å². The van der Waals surface area contributed by atoms with Crippen molar-refractivity contribution in [3.63, 3.8) is 0 Å². The highest BCUT2D eigenvalue weighted by Gasteiger charge is 2.20. The van der Waals surface area contributed by atoms with Crippen LogP contribution in [0.4, 0.5) is 0 Å². The average Bonchev–Trinajstić information content (AvgIpc) is 2.74. The lowest BCUT2D eigenvalue weighted by Crippen LogP contribution is -2.23. The number of benzene rings is 2. The Kier molecular flexibility index (Phi) is 10.3. The predicted molar refractivity (Wildman–Crippen MR) is 137 cm³/mol. The maximum Gasteiger partial charge on any atom is 0.338 e. The number of hydrogen-bond donors (Lipinski definition) is 0. The minimum atomic E-state index is -0.568. The zero-order valence-electron chi connectivity index (χ0n) is 21.2. The zero-order chi connectivity index (χ0) is 26.2. The number of hydrogen-bond acceptors (Lipinski definition) is 7. The molecular weight excluding hydrogens is 516 g/mol. The average molecular weight is 549 g/mol. The highest BCUT2D eigenvalue weighted by Crippen LogP contribution is 2.34. The van der Waals surface area contributed by atoms with Crippen LogP contribution in [0.2, 0.25) is 0 Å². The fraction of sp³-hybridized carbons (Fsp3) is 0.444. The molecule has 190 valence electrons. The summed E-state index contributed by atoms with van der Waals surface area (Å²) in [5, 5.41) is 0. The van der Waals surface area contributed by atoms with Crippen molar-refractivity contribution in [1.29, 1.82) is 0 Å². The fourth-order valence-electron chi connectivity index (χ4n) is 3.27. The molecule has 0 unspecified atom stereocenters. The first-order valence-electron chi connectivity index (χ1n) is 11.6. The Hall–Kier alpha value is -2.87. The molecule has 2 rings (SSSR count). The summed E-state index contributed by atoms with van der Waals surface area (Å²) in [6, 6.07) is 8.41. The van der Waals surface area contributed by atoms with E-state index in [1.54, 1.807) is 30.3 Å². The minimum absolute atomic E-state index is 0.179. The van der Waals surface area contributed by atoms with Gasteiger partial charge in [0.05, 0.1) is 28.8 Å². The van der Waals surface area contributed by atoms with Gasteiger partial charge in [0.2, 0.25) is 0 Å². The van der Waals surface area contributed by atoms with Gasteiger partial charge in [-0.2, -0.15) is 0 Å². The Labute approximate surface area is 215 Å². The molecule has 0 aliphatic heterocycles. The molecule has 0 bridgehead atoms. The molecule has 0 N–H and O–H groups in total. The van der Waals surface area contributed by atoms with E-state index in [4.69, 9.17) is 18.9 Å². The number of esters is 2. The number of rotatable bonds is 11. The van der Waals surface area contributed by atoms with Crippen LogP contribution in [-0.2, 0) is 16.0 Å². The number of ether oxygens (including phenoxy) is 4. The fourth-order valence-corrected chi connectivity index (χ4v) is 3.77. The summed E-state index contributed by atoms with van der Waals surface area (Å²) in [4.78, 5) is 35.9. The van der Waals surface area contributed by atoms with Crippen LogP contribution in [0.3, 0.4) is 0 Å². The third-order valence-electron chi connectivity index (χ3n) is 4.71.